The van der Waals surface area contributed by atoms with Crippen molar-refractivity contribution in [1.29, 1.82) is 0 Å². The molecule has 4 heteroatoms. The fourth-order valence-electron chi connectivity index (χ4n) is 2.50. The van der Waals surface area contributed by atoms with Crippen molar-refractivity contribution in [3.8, 4) is 0 Å². The Morgan fingerprint density at radius 1 is 1.28 bits per heavy atom. The van der Waals surface area contributed by atoms with Gasteiger partial charge in [-0.1, -0.05) is 6.07 Å². The van der Waals surface area contributed by atoms with Crippen LogP contribution in [0.25, 0.3) is 0 Å². The summed E-state index contributed by atoms with van der Waals surface area (Å²) < 4.78 is 0. The Bertz CT molecular complexity index is 580. The third kappa shape index (κ3) is 1.90. The normalized spacial score (nSPS) is 17.5. The molecule has 3 N–H and O–H groups in total. The van der Waals surface area contributed by atoms with Crippen molar-refractivity contribution in [1.82, 2.24) is 9.97 Å². The summed E-state index contributed by atoms with van der Waals surface area (Å²) >= 11 is 0. The Balaban J connectivity index is 1.87. The van der Waals surface area contributed by atoms with Crippen LogP contribution >= 0.6 is 0 Å². The van der Waals surface area contributed by atoms with Crippen LogP contribution in [0.3, 0.4) is 0 Å². The lowest BCUT2D eigenvalue weighted by molar-refractivity contribution is 0.754. The smallest absolute Gasteiger partial charge is 0.147 e. The molecule has 1 aliphatic rings. The van der Waals surface area contributed by atoms with Crippen molar-refractivity contribution in [3.05, 3.63) is 47.4 Å². The van der Waals surface area contributed by atoms with E-state index in [1.54, 1.807) is 12.4 Å². The van der Waals surface area contributed by atoms with Gasteiger partial charge >= 0.3 is 0 Å². The minimum absolute atomic E-state index is 0.316. The number of hydrogen-bond donors (Lipinski definition) is 2. The molecule has 0 aliphatic heterocycles. The lowest BCUT2D eigenvalue weighted by Gasteiger charge is -2.15. The SMILES string of the molecule is Cc1nccnc1NC1CCc2cc(N)ccc21. The number of benzene rings is 1. The van der Waals surface area contributed by atoms with E-state index in [1.807, 2.05) is 13.0 Å². The predicted octanol–water partition coefficient (Wildman–Crippen LogP) is 2.47. The van der Waals surface area contributed by atoms with Crippen LogP contribution in [0.1, 0.15) is 29.3 Å². The quantitative estimate of drug-likeness (QED) is 0.791. The molecule has 92 valence electrons. The number of aromatic nitrogens is 2. The fourth-order valence-corrected chi connectivity index (χ4v) is 2.50. The first-order chi connectivity index (χ1) is 8.74. The van der Waals surface area contributed by atoms with Crippen LogP contribution in [0.15, 0.2) is 30.6 Å². The molecule has 3 rings (SSSR count). The number of nitrogens with two attached hydrogens (primary N) is 1. The Labute approximate surface area is 106 Å². The number of nitrogens with zero attached hydrogens (tertiary/aromatic N) is 2. The Kier molecular flexibility index (Phi) is 2.63. The Morgan fingerprint density at radius 3 is 2.94 bits per heavy atom. The number of hydrogen-bond acceptors (Lipinski definition) is 4. The molecule has 1 heterocycles. The van der Waals surface area contributed by atoms with Gasteiger partial charge in [0.05, 0.1) is 11.7 Å². The number of fused-ring (bicyclic) bond motifs is 1. The van der Waals surface area contributed by atoms with Crippen LogP contribution < -0.4 is 11.1 Å². The number of aryl methyl sites for hydroxylation is 2. The van der Waals surface area contributed by atoms with Crippen molar-refractivity contribution in [3.63, 3.8) is 0 Å². The topological polar surface area (TPSA) is 63.8 Å². The summed E-state index contributed by atoms with van der Waals surface area (Å²) in [5, 5.41) is 3.47. The van der Waals surface area contributed by atoms with E-state index in [0.717, 1.165) is 30.0 Å². The third-order valence-electron chi connectivity index (χ3n) is 3.44. The van der Waals surface area contributed by atoms with Gasteiger partial charge in [0.25, 0.3) is 0 Å². The van der Waals surface area contributed by atoms with E-state index in [0.29, 0.717) is 6.04 Å². The van der Waals surface area contributed by atoms with Gasteiger partial charge in [0.15, 0.2) is 0 Å². The number of anilines is 2. The number of rotatable bonds is 2. The van der Waals surface area contributed by atoms with E-state index in [9.17, 15) is 0 Å². The summed E-state index contributed by atoms with van der Waals surface area (Å²) in [6, 6.07) is 6.46. The van der Waals surface area contributed by atoms with E-state index in [-0.39, 0.29) is 0 Å². The molecule has 0 amide bonds. The molecule has 0 saturated heterocycles. The lowest BCUT2D eigenvalue weighted by Crippen LogP contribution is -2.10. The van der Waals surface area contributed by atoms with Crippen LogP contribution in [0, 0.1) is 6.92 Å². The molecule has 1 atom stereocenters. The van der Waals surface area contributed by atoms with Crippen molar-refractivity contribution >= 4 is 11.5 Å². The molecule has 0 spiro atoms. The van der Waals surface area contributed by atoms with E-state index in [2.05, 4.69) is 27.4 Å². The molecule has 0 bridgehead atoms. The maximum atomic E-state index is 5.81. The van der Waals surface area contributed by atoms with Gasteiger partial charge in [0, 0.05) is 18.1 Å². The van der Waals surface area contributed by atoms with E-state index in [4.69, 9.17) is 5.73 Å². The van der Waals surface area contributed by atoms with Crippen LogP contribution in [0.4, 0.5) is 11.5 Å². The molecule has 2 aromatic rings. The summed E-state index contributed by atoms with van der Waals surface area (Å²) in [5.74, 6) is 0.868. The van der Waals surface area contributed by atoms with Gasteiger partial charge in [0.1, 0.15) is 5.82 Å². The average molecular weight is 240 g/mol. The van der Waals surface area contributed by atoms with Crippen LogP contribution in [-0.2, 0) is 6.42 Å². The zero-order chi connectivity index (χ0) is 12.5. The van der Waals surface area contributed by atoms with Gasteiger partial charge in [0.2, 0.25) is 0 Å². The first kappa shape index (κ1) is 11.0. The molecular formula is C14H16N4. The van der Waals surface area contributed by atoms with E-state index < -0.39 is 0 Å². The van der Waals surface area contributed by atoms with Gasteiger partial charge in [-0.2, -0.15) is 0 Å². The second-order valence-electron chi connectivity index (χ2n) is 4.68. The molecule has 1 aliphatic carbocycles. The van der Waals surface area contributed by atoms with Crippen molar-refractivity contribution in [2.24, 2.45) is 0 Å². The largest absolute Gasteiger partial charge is 0.399 e. The molecule has 1 aromatic carbocycles. The summed E-state index contributed by atoms with van der Waals surface area (Å²) in [5.41, 5.74) is 10.2. The van der Waals surface area contributed by atoms with Crippen LogP contribution in [-0.4, -0.2) is 9.97 Å². The molecular weight excluding hydrogens is 224 g/mol. The lowest BCUT2D eigenvalue weighted by atomic mass is 10.1. The summed E-state index contributed by atoms with van der Waals surface area (Å²) in [4.78, 5) is 8.58. The highest BCUT2D eigenvalue weighted by Gasteiger charge is 2.23. The van der Waals surface area contributed by atoms with Gasteiger partial charge in [-0.05, 0) is 43.0 Å². The maximum absolute atomic E-state index is 5.81. The number of nitrogens with one attached hydrogen (secondary N) is 1. The summed E-state index contributed by atoms with van der Waals surface area (Å²) in [6.07, 6.45) is 5.57. The van der Waals surface area contributed by atoms with Gasteiger partial charge in [-0.25, -0.2) is 4.98 Å². The monoisotopic (exact) mass is 240 g/mol. The van der Waals surface area contributed by atoms with Crippen molar-refractivity contribution in [2.75, 3.05) is 11.1 Å². The Morgan fingerprint density at radius 2 is 2.11 bits per heavy atom. The molecule has 0 radical (unpaired) electrons. The van der Waals surface area contributed by atoms with Gasteiger partial charge in [-0.15, -0.1) is 0 Å². The number of nitrogen functional groups attached to an aromatic ring is 1. The standard InChI is InChI=1S/C14H16N4/c1-9-14(17-7-6-16-9)18-13-5-2-10-8-11(15)3-4-12(10)13/h3-4,6-8,13H,2,5,15H2,1H3,(H,17,18). The first-order valence-electron chi connectivity index (χ1n) is 6.16. The molecule has 0 saturated carbocycles. The minimum atomic E-state index is 0.316. The summed E-state index contributed by atoms with van der Waals surface area (Å²) in [6.45, 7) is 1.97. The Hall–Kier alpha value is -2.10. The third-order valence-corrected chi connectivity index (χ3v) is 3.44. The molecule has 18 heavy (non-hydrogen) atoms. The minimum Gasteiger partial charge on any atom is -0.399 e. The highest BCUT2D eigenvalue weighted by molar-refractivity contribution is 5.51. The van der Waals surface area contributed by atoms with E-state index >= 15 is 0 Å². The van der Waals surface area contributed by atoms with Crippen molar-refractivity contribution in [2.45, 2.75) is 25.8 Å². The van der Waals surface area contributed by atoms with Crippen molar-refractivity contribution < 1.29 is 0 Å². The molecule has 0 fully saturated rings. The highest BCUT2D eigenvalue weighted by Crippen LogP contribution is 2.34. The average Bonchev–Trinajstić information content (AvgIpc) is 2.74. The summed E-state index contributed by atoms with van der Waals surface area (Å²) in [7, 11) is 0. The zero-order valence-electron chi connectivity index (χ0n) is 10.4. The first-order valence-corrected chi connectivity index (χ1v) is 6.16. The fraction of sp³-hybridized carbons (Fsp3) is 0.286. The second-order valence-corrected chi connectivity index (χ2v) is 4.68. The molecule has 4 nitrogen and oxygen atoms in total. The van der Waals surface area contributed by atoms with E-state index in [1.165, 1.54) is 11.1 Å². The van der Waals surface area contributed by atoms with Gasteiger partial charge in [-0.3, -0.25) is 4.98 Å². The highest BCUT2D eigenvalue weighted by atomic mass is 15.0. The second kappa shape index (κ2) is 4.29. The predicted molar refractivity (Wildman–Crippen MR) is 72.3 cm³/mol. The zero-order valence-corrected chi connectivity index (χ0v) is 10.4. The van der Waals surface area contributed by atoms with Gasteiger partial charge < -0.3 is 11.1 Å². The van der Waals surface area contributed by atoms with Crippen LogP contribution in [0.2, 0.25) is 0 Å². The maximum Gasteiger partial charge on any atom is 0.147 e. The molecule has 1 unspecified atom stereocenters. The molecule has 1 aromatic heterocycles. The van der Waals surface area contributed by atoms with Crippen LogP contribution in [0.5, 0.6) is 0 Å².